The zero-order chi connectivity index (χ0) is 30.1. The van der Waals surface area contributed by atoms with Crippen molar-refractivity contribution in [1.82, 2.24) is 0 Å². The smallest absolute Gasteiger partial charge is 0.347 e. The molecule has 9 heteroatoms. The molecule has 0 aromatic heterocycles. The van der Waals surface area contributed by atoms with Gasteiger partial charge in [-0.05, 0) is 109 Å². The van der Waals surface area contributed by atoms with E-state index in [-0.39, 0.29) is 43.2 Å². The third-order valence-electron chi connectivity index (χ3n) is 10.0. The Morgan fingerprint density at radius 2 is 1.80 bits per heavy atom. The maximum absolute atomic E-state index is 13.7. The lowest BCUT2D eigenvalue weighted by Crippen LogP contribution is -2.39. The summed E-state index contributed by atoms with van der Waals surface area (Å²) >= 11 is 0. The summed E-state index contributed by atoms with van der Waals surface area (Å²) in [6.07, 6.45) is 4.97. The van der Waals surface area contributed by atoms with Gasteiger partial charge in [-0.15, -0.1) is 0 Å². The number of aliphatic hydroxyl groups excluding tert-OH is 1. The molecule has 1 heterocycles. The molecule has 9 atom stereocenters. The zero-order valence-corrected chi connectivity index (χ0v) is 25.7. The van der Waals surface area contributed by atoms with E-state index < -0.39 is 53.2 Å². The zero-order valence-electron chi connectivity index (χ0n) is 25.7. The fraction of sp³-hybridized carbons (Fsp3) is 0.875. The molecule has 4 fully saturated rings. The van der Waals surface area contributed by atoms with Crippen LogP contribution in [-0.2, 0) is 38.1 Å². The second-order valence-electron chi connectivity index (χ2n) is 14.5. The number of rotatable bonds is 11. The van der Waals surface area contributed by atoms with Crippen LogP contribution in [0, 0.1) is 41.4 Å². The first-order valence-electron chi connectivity index (χ1n) is 15.7. The Bertz CT molecular complexity index is 978. The average molecular weight is 579 g/mol. The van der Waals surface area contributed by atoms with Crippen molar-refractivity contribution in [3.63, 3.8) is 0 Å². The Labute approximate surface area is 244 Å². The minimum absolute atomic E-state index is 0.0338. The van der Waals surface area contributed by atoms with Crippen LogP contribution < -0.4 is 0 Å². The monoisotopic (exact) mass is 578 g/mol. The SMILES string of the molecule is CC(CC(CC1C(C)C2CC(C(O)CC(=O)OC(C)(C)C)C1C2)C(=O)OC1(C)CCCC1)C(=O)OC1CCOC1=O. The summed E-state index contributed by atoms with van der Waals surface area (Å²) < 4.78 is 21.9. The molecule has 9 nitrogen and oxygen atoms in total. The van der Waals surface area contributed by atoms with Gasteiger partial charge in [-0.1, -0.05) is 13.8 Å². The minimum Gasteiger partial charge on any atom is -0.463 e. The number of esters is 4. The Kier molecular flexibility index (Phi) is 9.76. The van der Waals surface area contributed by atoms with Crippen LogP contribution in [-0.4, -0.2) is 59.0 Å². The summed E-state index contributed by atoms with van der Waals surface area (Å²) in [7, 11) is 0. The first-order chi connectivity index (χ1) is 19.2. The van der Waals surface area contributed by atoms with Gasteiger partial charge in [0.2, 0.25) is 6.10 Å². The van der Waals surface area contributed by atoms with Gasteiger partial charge in [0.05, 0.1) is 31.0 Å². The van der Waals surface area contributed by atoms with Crippen molar-refractivity contribution in [1.29, 1.82) is 0 Å². The van der Waals surface area contributed by atoms with E-state index in [0.29, 0.717) is 24.7 Å². The third-order valence-corrected chi connectivity index (χ3v) is 10.0. The summed E-state index contributed by atoms with van der Waals surface area (Å²) in [5, 5.41) is 11.1. The first kappa shape index (κ1) is 31.8. The van der Waals surface area contributed by atoms with Gasteiger partial charge in [0.15, 0.2) is 0 Å². The van der Waals surface area contributed by atoms with Crippen LogP contribution in [0.3, 0.4) is 0 Å². The van der Waals surface area contributed by atoms with Crippen molar-refractivity contribution in [2.45, 2.75) is 129 Å². The number of aliphatic hydroxyl groups is 1. The predicted molar refractivity (Wildman–Crippen MR) is 149 cm³/mol. The van der Waals surface area contributed by atoms with Gasteiger partial charge in [-0.2, -0.15) is 0 Å². The van der Waals surface area contributed by atoms with Crippen LogP contribution in [0.1, 0.15) is 106 Å². The van der Waals surface area contributed by atoms with Crippen LogP contribution in [0.5, 0.6) is 0 Å². The van der Waals surface area contributed by atoms with Crippen LogP contribution in [0.2, 0.25) is 0 Å². The molecule has 1 aliphatic heterocycles. The molecule has 0 aromatic rings. The fourth-order valence-corrected chi connectivity index (χ4v) is 7.88. The normalized spacial score (nSPS) is 32.7. The minimum atomic E-state index is -0.884. The second-order valence-corrected chi connectivity index (χ2v) is 14.5. The van der Waals surface area contributed by atoms with Crippen LogP contribution >= 0.6 is 0 Å². The number of carbonyl (C=O) groups is 4. The molecular weight excluding hydrogens is 528 g/mol. The van der Waals surface area contributed by atoms with Crippen molar-refractivity contribution >= 4 is 23.9 Å². The van der Waals surface area contributed by atoms with Crippen LogP contribution in [0.4, 0.5) is 0 Å². The summed E-state index contributed by atoms with van der Waals surface area (Å²) in [5.41, 5.74) is -1.10. The van der Waals surface area contributed by atoms with E-state index >= 15 is 0 Å². The van der Waals surface area contributed by atoms with Gasteiger partial charge in [0.25, 0.3) is 0 Å². The van der Waals surface area contributed by atoms with E-state index in [4.69, 9.17) is 18.9 Å². The Morgan fingerprint density at radius 3 is 2.39 bits per heavy atom. The van der Waals surface area contributed by atoms with Gasteiger partial charge >= 0.3 is 23.9 Å². The van der Waals surface area contributed by atoms with Gasteiger partial charge in [-0.3, -0.25) is 14.4 Å². The summed E-state index contributed by atoms with van der Waals surface area (Å²) in [6, 6.07) is 0. The number of carbonyl (C=O) groups excluding carboxylic acids is 4. The van der Waals surface area contributed by atoms with Gasteiger partial charge in [-0.25, -0.2) is 4.79 Å². The quantitative estimate of drug-likeness (QED) is 0.273. The molecule has 0 amide bonds. The number of fused-ring (bicyclic) bond motifs is 2. The number of ether oxygens (including phenoxy) is 4. The predicted octanol–water partition coefficient (Wildman–Crippen LogP) is 4.75. The molecule has 0 spiro atoms. The lowest BCUT2D eigenvalue weighted by Gasteiger charge is -2.38. The molecule has 232 valence electrons. The first-order valence-corrected chi connectivity index (χ1v) is 15.7. The Hall–Kier alpha value is -2.16. The molecule has 9 unspecified atom stereocenters. The lowest BCUT2D eigenvalue weighted by molar-refractivity contribution is -0.167. The maximum atomic E-state index is 13.7. The van der Waals surface area contributed by atoms with Crippen molar-refractivity contribution in [3.8, 4) is 0 Å². The van der Waals surface area contributed by atoms with Gasteiger partial charge < -0.3 is 24.1 Å². The Morgan fingerprint density at radius 1 is 1.12 bits per heavy atom. The largest absolute Gasteiger partial charge is 0.463 e. The molecule has 41 heavy (non-hydrogen) atoms. The van der Waals surface area contributed by atoms with E-state index in [1.807, 2.05) is 27.7 Å². The molecule has 0 radical (unpaired) electrons. The number of cyclic esters (lactones) is 1. The average Bonchev–Trinajstić information content (AvgIpc) is 3.64. The highest BCUT2D eigenvalue weighted by atomic mass is 16.6. The third kappa shape index (κ3) is 7.82. The van der Waals surface area contributed by atoms with Gasteiger partial charge in [0, 0.05) is 6.42 Å². The van der Waals surface area contributed by atoms with E-state index in [2.05, 4.69) is 6.92 Å². The van der Waals surface area contributed by atoms with Crippen molar-refractivity contribution in [2.24, 2.45) is 41.4 Å². The second kappa shape index (κ2) is 12.6. The molecule has 0 aromatic carbocycles. The van der Waals surface area contributed by atoms with Crippen LogP contribution in [0.15, 0.2) is 0 Å². The van der Waals surface area contributed by atoms with Crippen molar-refractivity contribution in [3.05, 3.63) is 0 Å². The Balaban J connectivity index is 1.45. The fourth-order valence-electron chi connectivity index (χ4n) is 7.88. The molecule has 3 aliphatic carbocycles. The maximum Gasteiger partial charge on any atom is 0.347 e. The number of hydrogen-bond acceptors (Lipinski definition) is 9. The van der Waals surface area contributed by atoms with Crippen molar-refractivity contribution < 1.29 is 43.2 Å². The lowest BCUT2D eigenvalue weighted by atomic mass is 9.68. The molecular formula is C32H50O9. The highest BCUT2D eigenvalue weighted by Crippen LogP contribution is 2.58. The van der Waals surface area contributed by atoms with E-state index in [1.165, 1.54) is 0 Å². The number of hydrogen-bond donors (Lipinski definition) is 1. The molecule has 3 saturated carbocycles. The molecule has 1 saturated heterocycles. The molecule has 4 rings (SSSR count). The molecule has 2 bridgehead atoms. The summed E-state index contributed by atoms with van der Waals surface area (Å²) in [4.78, 5) is 50.9. The topological polar surface area (TPSA) is 125 Å². The van der Waals surface area contributed by atoms with E-state index in [9.17, 15) is 24.3 Å². The summed E-state index contributed by atoms with van der Waals surface area (Å²) in [5.74, 6) is -1.74. The van der Waals surface area contributed by atoms with E-state index in [1.54, 1.807) is 6.92 Å². The highest BCUT2D eigenvalue weighted by molar-refractivity contribution is 5.82. The van der Waals surface area contributed by atoms with E-state index in [0.717, 1.165) is 38.5 Å². The molecule has 1 N–H and O–H groups in total. The molecule has 4 aliphatic rings. The standard InChI is InChI=1S/C32H50O9/c1-18(28(35)39-26-9-12-38-30(26)37)13-21(29(36)41-32(6)10-7-8-11-32)16-22-19(2)20-14-23(22)24(15-20)25(33)17-27(34)40-31(3,4)5/h18-26,33H,7-17H2,1-6H3. The van der Waals surface area contributed by atoms with Gasteiger partial charge in [0.1, 0.15) is 11.2 Å². The van der Waals surface area contributed by atoms with Crippen LogP contribution in [0.25, 0.3) is 0 Å². The summed E-state index contributed by atoms with van der Waals surface area (Å²) in [6.45, 7) is 11.6. The van der Waals surface area contributed by atoms with Crippen molar-refractivity contribution in [2.75, 3.05) is 6.61 Å². The highest BCUT2D eigenvalue weighted by Gasteiger charge is 2.53.